The van der Waals surface area contributed by atoms with Crippen molar-refractivity contribution in [1.82, 2.24) is 23.9 Å². The minimum absolute atomic E-state index is 0.0554. The largest absolute Gasteiger partial charge is 0.384 e. The van der Waals surface area contributed by atoms with Gasteiger partial charge in [-0.3, -0.25) is 18.7 Å². The highest BCUT2D eigenvalue weighted by molar-refractivity contribution is 7.99. The van der Waals surface area contributed by atoms with E-state index in [1.54, 1.807) is 11.3 Å². The standard InChI is InChI=1S/C23H24N6O3S2/c1-27-20(24)19(21(31)28(2)23(27)32)17(30)14-34-22-26-25-18(13-16-9-6-12-33-16)29(22)11-10-15-7-4-3-5-8-15/h3-9,12H,10-11,13-14,24H2,1-2H3. The first-order valence-corrected chi connectivity index (χ1v) is 12.4. The third-order valence-corrected chi connectivity index (χ3v) is 7.34. The molecule has 176 valence electrons. The molecule has 3 heterocycles. The van der Waals surface area contributed by atoms with E-state index >= 15 is 0 Å². The summed E-state index contributed by atoms with van der Waals surface area (Å²) in [4.78, 5) is 38.7. The molecular weight excluding hydrogens is 472 g/mol. The van der Waals surface area contributed by atoms with Gasteiger partial charge in [-0.05, 0) is 23.4 Å². The summed E-state index contributed by atoms with van der Waals surface area (Å²) in [6, 6.07) is 14.2. The minimum Gasteiger partial charge on any atom is -0.384 e. The first kappa shape index (κ1) is 23.7. The van der Waals surface area contributed by atoms with Gasteiger partial charge in [-0.2, -0.15) is 0 Å². The van der Waals surface area contributed by atoms with Crippen LogP contribution in [0, 0.1) is 0 Å². The molecule has 0 radical (unpaired) electrons. The molecule has 0 unspecified atom stereocenters. The van der Waals surface area contributed by atoms with E-state index in [2.05, 4.69) is 28.4 Å². The smallest absolute Gasteiger partial charge is 0.332 e. The monoisotopic (exact) mass is 496 g/mol. The number of carbonyl (C=O) groups is 1. The number of nitrogen functional groups attached to an aromatic ring is 1. The van der Waals surface area contributed by atoms with E-state index in [4.69, 9.17) is 5.73 Å². The lowest BCUT2D eigenvalue weighted by atomic mass is 10.1. The van der Waals surface area contributed by atoms with E-state index in [9.17, 15) is 14.4 Å². The zero-order chi connectivity index (χ0) is 24.2. The van der Waals surface area contributed by atoms with E-state index in [0.29, 0.717) is 18.1 Å². The van der Waals surface area contributed by atoms with Gasteiger partial charge in [0.1, 0.15) is 17.2 Å². The molecule has 0 spiro atoms. The van der Waals surface area contributed by atoms with Gasteiger partial charge in [0, 0.05) is 31.9 Å². The van der Waals surface area contributed by atoms with Gasteiger partial charge in [0.2, 0.25) is 0 Å². The topological polar surface area (TPSA) is 118 Å². The molecule has 0 amide bonds. The third kappa shape index (κ3) is 4.90. The van der Waals surface area contributed by atoms with E-state index < -0.39 is 17.0 Å². The fourth-order valence-electron chi connectivity index (χ4n) is 3.56. The molecule has 0 saturated heterocycles. The number of rotatable bonds is 9. The van der Waals surface area contributed by atoms with Crippen molar-refractivity contribution in [3.63, 3.8) is 0 Å². The summed E-state index contributed by atoms with van der Waals surface area (Å²) >= 11 is 2.86. The van der Waals surface area contributed by atoms with Gasteiger partial charge in [-0.15, -0.1) is 21.5 Å². The molecule has 0 aliphatic heterocycles. The molecule has 11 heteroatoms. The molecule has 0 bridgehead atoms. The highest BCUT2D eigenvalue weighted by Gasteiger charge is 2.22. The number of hydrogen-bond donors (Lipinski definition) is 1. The van der Waals surface area contributed by atoms with Crippen LogP contribution in [0.1, 0.15) is 26.6 Å². The fraction of sp³-hybridized carbons (Fsp3) is 0.261. The zero-order valence-corrected chi connectivity index (χ0v) is 20.4. The van der Waals surface area contributed by atoms with Crippen molar-refractivity contribution >= 4 is 34.7 Å². The lowest BCUT2D eigenvalue weighted by Gasteiger charge is -2.12. The number of benzene rings is 1. The Hall–Kier alpha value is -3.44. The Morgan fingerprint density at radius 2 is 1.82 bits per heavy atom. The van der Waals surface area contributed by atoms with Gasteiger partial charge in [-0.25, -0.2) is 4.79 Å². The summed E-state index contributed by atoms with van der Waals surface area (Å²) in [5, 5.41) is 11.3. The van der Waals surface area contributed by atoms with Crippen LogP contribution >= 0.6 is 23.1 Å². The van der Waals surface area contributed by atoms with Crippen LogP contribution in [0.2, 0.25) is 0 Å². The van der Waals surface area contributed by atoms with Crippen LogP contribution in [0.3, 0.4) is 0 Å². The molecule has 1 aromatic carbocycles. The Morgan fingerprint density at radius 1 is 1.06 bits per heavy atom. The maximum Gasteiger partial charge on any atom is 0.332 e. The van der Waals surface area contributed by atoms with Crippen LogP contribution in [0.5, 0.6) is 0 Å². The van der Waals surface area contributed by atoms with Crippen molar-refractivity contribution in [3.05, 3.63) is 90.5 Å². The summed E-state index contributed by atoms with van der Waals surface area (Å²) in [7, 11) is 2.75. The molecule has 4 rings (SSSR count). The maximum atomic E-state index is 12.9. The molecule has 0 saturated carbocycles. The van der Waals surface area contributed by atoms with Crippen LogP contribution in [-0.2, 0) is 33.5 Å². The average molecular weight is 497 g/mol. The van der Waals surface area contributed by atoms with Crippen molar-refractivity contribution in [2.75, 3.05) is 11.5 Å². The van der Waals surface area contributed by atoms with Crippen molar-refractivity contribution in [2.45, 2.75) is 24.5 Å². The number of carbonyl (C=O) groups excluding carboxylic acids is 1. The second kappa shape index (κ2) is 10.2. The summed E-state index contributed by atoms with van der Waals surface area (Å²) in [6.07, 6.45) is 1.42. The Morgan fingerprint density at radius 3 is 2.53 bits per heavy atom. The minimum atomic E-state index is -0.699. The van der Waals surface area contributed by atoms with Crippen LogP contribution < -0.4 is 17.0 Å². The number of thioether (sulfide) groups is 1. The molecule has 0 aliphatic rings. The van der Waals surface area contributed by atoms with E-state index in [0.717, 1.165) is 21.4 Å². The molecule has 0 fully saturated rings. The second-order valence-corrected chi connectivity index (χ2v) is 9.69. The summed E-state index contributed by atoms with van der Waals surface area (Å²) in [5.41, 5.74) is 5.65. The fourth-order valence-corrected chi connectivity index (χ4v) is 5.12. The lowest BCUT2D eigenvalue weighted by Crippen LogP contribution is -2.41. The van der Waals surface area contributed by atoms with Gasteiger partial charge in [0.25, 0.3) is 5.56 Å². The predicted molar refractivity (Wildman–Crippen MR) is 134 cm³/mol. The highest BCUT2D eigenvalue weighted by atomic mass is 32.2. The van der Waals surface area contributed by atoms with Crippen molar-refractivity contribution < 1.29 is 4.79 Å². The second-order valence-electron chi connectivity index (χ2n) is 7.72. The molecule has 9 nitrogen and oxygen atoms in total. The first-order valence-electron chi connectivity index (χ1n) is 10.6. The summed E-state index contributed by atoms with van der Waals surface area (Å²) in [6.45, 7) is 0.651. The Kier molecular flexibility index (Phi) is 7.13. The number of hydrogen-bond acceptors (Lipinski definition) is 8. The molecular formula is C23H24N6O3S2. The molecule has 4 aromatic rings. The van der Waals surface area contributed by atoms with Crippen molar-refractivity contribution in [1.29, 1.82) is 0 Å². The molecule has 34 heavy (non-hydrogen) atoms. The first-order chi connectivity index (χ1) is 16.4. The number of thiophene rings is 1. The Bertz CT molecular complexity index is 1420. The number of aromatic nitrogens is 5. The van der Waals surface area contributed by atoms with Gasteiger partial charge in [-0.1, -0.05) is 48.2 Å². The van der Waals surface area contributed by atoms with Crippen LogP contribution in [0.15, 0.2) is 62.6 Å². The molecule has 2 N–H and O–H groups in total. The quantitative estimate of drug-likeness (QED) is 0.279. The highest BCUT2D eigenvalue weighted by Crippen LogP contribution is 2.22. The zero-order valence-electron chi connectivity index (χ0n) is 18.8. The lowest BCUT2D eigenvalue weighted by molar-refractivity contribution is 0.102. The van der Waals surface area contributed by atoms with Gasteiger partial charge >= 0.3 is 5.69 Å². The Labute approximate surface area is 203 Å². The molecule has 0 aliphatic carbocycles. The summed E-state index contributed by atoms with van der Waals surface area (Å²) < 4.78 is 4.00. The molecule has 0 atom stereocenters. The normalized spacial score (nSPS) is 11.1. The predicted octanol–water partition coefficient (Wildman–Crippen LogP) is 2.13. The maximum absolute atomic E-state index is 12.9. The van der Waals surface area contributed by atoms with Crippen LogP contribution in [0.4, 0.5) is 5.82 Å². The number of nitrogens with zero attached hydrogens (tertiary/aromatic N) is 5. The van der Waals surface area contributed by atoms with Gasteiger partial charge in [0.15, 0.2) is 10.9 Å². The van der Waals surface area contributed by atoms with E-state index in [1.165, 1.54) is 36.3 Å². The van der Waals surface area contributed by atoms with Crippen LogP contribution in [-0.4, -0.2) is 35.4 Å². The van der Waals surface area contributed by atoms with E-state index in [-0.39, 0.29) is 17.1 Å². The number of nitrogens with two attached hydrogens (primary N) is 1. The number of anilines is 1. The third-order valence-electron chi connectivity index (χ3n) is 5.49. The number of aryl methyl sites for hydroxylation is 1. The average Bonchev–Trinajstić information content (AvgIpc) is 3.50. The van der Waals surface area contributed by atoms with Crippen molar-refractivity contribution in [2.24, 2.45) is 14.1 Å². The van der Waals surface area contributed by atoms with E-state index in [1.807, 2.05) is 34.2 Å². The van der Waals surface area contributed by atoms with Gasteiger partial charge < -0.3 is 10.3 Å². The number of ketones is 1. The van der Waals surface area contributed by atoms with Crippen LogP contribution in [0.25, 0.3) is 0 Å². The SMILES string of the molecule is Cn1c(N)c(C(=O)CSc2nnc(Cc3cccs3)n2CCc2ccccc2)c(=O)n(C)c1=O. The van der Waals surface area contributed by atoms with Gasteiger partial charge in [0.05, 0.1) is 5.75 Å². The van der Waals surface area contributed by atoms with Crippen molar-refractivity contribution in [3.8, 4) is 0 Å². The summed E-state index contributed by atoms with van der Waals surface area (Å²) in [5.74, 6) is 0.157. The molecule has 3 aromatic heterocycles. The number of Topliss-reactive ketones (excluding diaryl/α,β-unsaturated/α-hetero) is 1. The Balaban J connectivity index is 1.58.